The zero-order valence-electron chi connectivity index (χ0n) is 14.0. The van der Waals surface area contributed by atoms with Crippen molar-refractivity contribution in [2.24, 2.45) is 0 Å². The van der Waals surface area contributed by atoms with Gasteiger partial charge in [0.1, 0.15) is 6.04 Å². The van der Waals surface area contributed by atoms with Gasteiger partial charge < -0.3 is 15.5 Å². The van der Waals surface area contributed by atoms with Crippen LogP contribution in [0.25, 0.3) is 0 Å². The zero-order chi connectivity index (χ0) is 16.7. The second kappa shape index (κ2) is 8.55. The Labute approximate surface area is 137 Å². The molecule has 0 bridgehead atoms. The van der Waals surface area contributed by atoms with E-state index in [-0.39, 0.29) is 18.0 Å². The van der Waals surface area contributed by atoms with Crippen molar-refractivity contribution in [2.75, 3.05) is 13.1 Å². The highest BCUT2D eigenvalue weighted by Crippen LogP contribution is 2.17. The lowest BCUT2D eigenvalue weighted by molar-refractivity contribution is -0.136. The number of carbonyl (C=O) groups is 2. The summed E-state index contributed by atoms with van der Waals surface area (Å²) < 4.78 is 1.82. The van der Waals surface area contributed by atoms with E-state index in [2.05, 4.69) is 22.7 Å². The largest absolute Gasteiger partial charge is 0.338 e. The lowest BCUT2D eigenvalue weighted by Gasteiger charge is -2.35. The molecule has 1 aliphatic rings. The molecule has 0 aromatic carbocycles. The van der Waals surface area contributed by atoms with E-state index in [1.807, 2.05) is 21.8 Å². The van der Waals surface area contributed by atoms with E-state index in [4.69, 9.17) is 0 Å². The van der Waals surface area contributed by atoms with Gasteiger partial charge in [-0.25, -0.2) is 4.79 Å². The smallest absolute Gasteiger partial charge is 0.315 e. The highest BCUT2D eigenvalue weighted by Gasteiger charge is 2.27. The van der Waals surface area contributed by atoms with Crippen molar-refractivity contribution in [1.82, 2.24) is 25.3 Å². The van der Waals surface area contributed by atoms with Crippen molar-refractivity contribution in [2.45, 2.75) is 58.2 Å². The molecule has 3 amide bonds. The molecule has 7 heteroatoms. The van der Waals surface area contributed by atoms with E-state index in [9.17, 15) is 9.59 Å². The van der Waals surface area contributed by atoms with Crippen molar-refractivity contribution in [1.29, 1.82) is 0 Å². The summed E-state index contributed by atoms with van der Waals surface area (Å²) >= 11 is 0. The molecule has 0 aliphatic carbocycles. The molecule has 7 nitrogen and oxygen atoms in total. The molecule has 2 atom stereocenters. The quantitative estimate of drug-likeness (QED) is 0.777. The molecule has 2 N–H and O–H groups in total. The van der Waals surface area contributed by atoms with Crippen LogP contribution < -0.4 is 10.6 Å². The Bertz CT molecular complexity index is 503. The molecule has 0 saturated carbocycles. The summed E-state index contributed by atoms with van der Waals surface area (Å²) in [4.78, 5) is 26.2. The van der Waals surface area contributed by atoms with Crippen LogP contribution in [0, 0.1) is 0 Å². The molecule has 1 saturated heterocycles. The predicted molar refractivity (Wildman–Crippen MR) is 87.9 cm³/mol. The van der Waals surface area contributed by atoms with Crippen molar-refractivity contribution in [3.8, 4) is 0 Å². The third-order valence-corrected chi connectivity index (χ3v) is 4.21. The third kappa shape index (κ3) is 5.26. The van der Waals surface area contributed by atoms with Crippen LogP contribution in [0.4, 0.5) is 4.79 Å². The SMILES string of the molecule is C[C@H](NC(=O)NCCCn1cccn1)C(=O)N1CCCC[C@H]1C. The van der Waals surface area contributed by atoms with Gasteiger partial charge in [-0.15, -0.1) is 0 Å². The minimum absolute atomic E-state index is 0.00360. The van der Waals surface area contributed by atoms with E-state index < -0.39 is 6.04 Å². The number of hydrogen-bond acceptors (Lipinski definition) is 3. The number of aryl methyl sites for hydroxylation is 1. The second-order valence-corrected chi connectivity index (χ2v) is 6.12. The molecule has 1 aromatic heterocycles. The van der Waals surface area contributed by atoms with E-state index in [1.54, 1.807) is 13.1 Å². The molecular weight excluding hydrogens is 294 g/mol. The van der Waals surface area contributed by atoms with Gasteiger partial charge in [0.25, 0.3) is 0 Å². The van der Waals surface area contributed by atoms with Crippen LogP contribution in [0.1, 0.15) is 39.5 Å². The molecule has 2 rings (SSSR count). The highest BCUT2D eigenvalue weighted by molar-refractivity contribution is 5.86. The average Bonchev–Trinajstić information content (AvgIpc) is 3.04. The molecule has 0 spiro atoms. The summed E-state index contributed by atoms with van der Waals surface area (Å²) in [6, 6.07) is 1.34. The number of carbonyl (C=O) groups excluding carboxylic acids is 2. The zero-order valence-corrected chi connectivity index (χ0v) is 14.0. The van der Waals surface area contributed by atoms with Gasteiger partial charge >= 0.3 is 6.03 Å². The van der Waals surface area contributed by atoms with Gasteiger partial charge in [0.05, 0.1) is 0 Å². The first-order valence-corrected chi connectivity index (χ1v) is 8.40. The third-order valence-electron chi connectivity index (χ3n) is 4.21. The highest BCUT2D eigenvalue weighted by atomic mass is 16.2. The molecule has 0 unspecified atom stereocenters. The molecule has 1 aliphatic heterocycles. The summed E-state index contributed by atoms with van der Waals surface area (Å²) in [6.45, 7) is 5.91. The summed E-state index contributed by atoms with van der Waals surface area (Å²) in [5.41, 5.74) is 0. The van der Waals surface area contributed by atoms with Crippen LogP contribution in [0.15, 0.2) is 18.5 Å². The first kappa shape index (κ1) is 17.3. The van der Waals surface area contributed by atoms with Crippen LogP contribution in [0.2, 0.25) is 0 Å². The summed E-state index contributed by atoms with van der Waals surface area (Å²) in [5.74, 6) is 0.00360. The van der Waals surface area contributed by atoms with Crippen molar-refractivity contribution < 1.29 is 9.59 Å². The number of hydrogen-bond donors (Lipinski definition) is 2. The monoisotopic (exact) mass is 321 g/mol. The number of piperidine rings is 1. The van der Waals surface area contributed by atoms with Crippen LogP contribution in [0.3, 0.4) is 0 Å². The number of nitrogens with one attached hydrogen (secondary N) is 2. The van der Waals surface area contributed by atoms with E-state index >= 15 is 0 Å². The second-order valence-electron chi connectivity index (χ2n) is 6.12. The average molecular weight is 321 g/mol. The molecule has 2 heterocycles. The van der Waals surface area contributed by atoms with Gasteiger partial charge in [0, 0.05) is 38.1 Å². The Morgan fingerprint density at radius 1 is 1.39 bits per heavy atom. The Balaban J connectivity index is 1.66. The Hall–Kier alpha value is -2.05. The lowest BCUT2D eigenvalue weighted by atomic mass is 10.0. The fraction of sp³-hybridized carbons (Fsp3) is 0.688. The maximum atomic E-state index is 12.4. The van der Waals surface area contributed by atoms with Crippen molar-refractivity contribution >= 4 is 11.9 Å². The van der Waals surface area contributed by atoms with Gasteiger partial charge in [0.2, 0.25) is 5.91 Å². The van der Waals surface area contributed by atoms with Crippen LogP contribution in [-0.2, 0) is 11.3 Å². The molecule has 1 fully saturated rings. The summed E-state index contributed by atoms with van der Waals surface area (Å²) in [7, 11) is 0. The summed E-state index contributed by atoms with van der Waals surface area (Å²) in [6.07, 6.45) is 7.67. The van der Waals surface area contributed by atoms with Gasteiger partial charge in [-0.3, -0.25) is 9.48 Å². The minimum atomic E-state index is -0.498. The number of rotatable bonds is 6. The number of urea groups is 1. The Morgan fingerprint density at radius 3 is 2.91 bits per heavy atom. The molecular formula is C16H27N5O2. The number of likely N-dealkylation sites (tertiary alicyclic amines) is 1. The normalized spacial score (nSPS) is 19.2. The summed E-state index contributed by atoms with van der Waals surface area (Å²) in [5, 5.41) is 9.61. The molecule has 23 heavy (non-hydrogen) atoms. The van der Waals surface area contributed by atoms with Crippen LogP contribution in [-0.4, -0.2) is 51.8 Å². The van der Waals surface area contributed by atoms with Crippen molar-refractivity contribution in [3.63, 3.8) is 0 Å². The maximum Gasteiger partial charge on any atom is 0.315 e. The van der Waals surface area contributed by atoms with E-state index in [0.29, 0.717) is 6.54 Å². The molecule has 128 valence electrons. The Morgan fingerprint density at radius 2 is 2.22 bits per heavy atom. The van der Waals surface area contributed by atoms with Gasteiger partial charge in [-0.1, -0.05) is 0 Å². The van der Waals surface area contributed by atoms with Gasteiger partial charge in [0.15, 0.2) is 0 Å². The Kier molecular flexibility index (Phi) is 6.43. The van der Waals surface area contributed by atoms with E-state index in [0.717, 1.165) is 32.4 Å². The number of nitrogens with zero attached hydrogens (tertiary/aromatic N) is 3. The van der Waals surface area contributed by atoms with Crippen LogP contribution in [0.5, 0.6) is 0 Å². The maximum absolute atomic E-state index is 12.4. The molecule has 1 aromatic rings. The molecule has 0 radical (unpaired) electrons. The lowest BCUT2D eigenvalue weighted by Crippen LogP contribution is -2.53. The first-order valence-electron chi connectivity index (χ1n) is 8.40. The van der Waals surface area contributed by atoms with Gasteiger partial charge in [-0.2, -0.15) is 5.10 Å². The minimum Gasteiger partial charge on any atom is -0.338 e. The topological polar surface area (TPSA) is 79.3 Å². The standard InChI is InChI=1S/C16H27N5O2/c1-13-7-3-4-12-21(13)15(22)14(2)19-16(23)17-8-5-10-20-11-6-9-18-20/h6,9,11,13-14H,3-5,7-8,10,12H2,1-2H3,(H2,17,19,23)/t13-,14+/m1/s1. The fourth-order valence-electron chi connectivity index (χ4n) is 2.86. The fourth-order valence-corrected chi connectivity index (χ4v) is 2.86. The van der Waals surface area contributed by atoms with Crippen LogP contribution >= 0.6 is 0 Å². The van der Waals surface area contributed by atoms with Crippen molar-refractivity contribution in [3.05, 3.63) is 18.5 Å². The number of amides is 3. The first-order chi connectivity index (χ1) is 11.1. The van der Waals surface area contributed by atoms with E-state index in [1.165, 1.54) is 6.42 Å². The van der Waals surface area contributed by atoms with Gasteiger partial charge in [-0.05, 0) is 45.6 Å². The predicted octanol–water partition coefficient (Wildman–Crippen LogP) is 1.36. The number of aromatic nitrogens is 2.